The highest BCUT2D eigenvalue weighted by atomic mass is 19.1. The Morgan fingerprint density at radius 2 is 1.83 bits per heavy atom. The van der Waals surface area contributed by atoms with Crippen molar-refractivity contribution in [2.45, 2.75) is 51.3 Å². The fourth-order valence-electron chi connectivity index (χ4n) is 5.03. The molecular formula is C28H26F2N2O3. The van der Waals surface area contributed by atoms with E-state index >= 15 is 0 Å². The van der Waals surface area contributed by atoms with Crippen molar-refractivity contribution in [3.05, 3.63) is 94.6 Å². The lowest BCUT2D eigenvalue weighted by atomic mass is 9.86. The van der Waals surface area contributed by atoms with E-state index in [1.165, 1.54) is 11.6 Å². The van der Waals surface area contributed by atoms with Gasteiger partial charge in [0.15, 0.2) is 6.10 Å². The summed E-state index contributed by atoms with van der Waals surface area (Å²) in [7, 11) is 0. The molecule has 0 radical (unpaired) electrons. The van der Waals surface area contributed by atoms with E-state index in [1.54, 1.807) is 18.2 Å². The number of amides is 2. The Hall–Kier alpha value is -3.74. The zero-order valence-corrected chi connectivity index (χ0v) is 19.4. The molecule has 5 nitrogen and oxygen atoms in total. The maximum Gasteiger partial charge on any atom is 0.264 e. The average molecular weight is 477 g/mol. The van der Waals surface area contributed by atoms with Gasteiger partial charge in [0.25, 0.3) is 11.8 Å². The van der Waals surface area contributed by atoms with Crippen LogP contribution >= 0.6 is 0 Å². The summed E-state index contributed by atoms with van der Waals surface area (Å²) in [5.41, 5.74) is 2.86. The van der Waals surface area contributed by atoms with E-state index in [2.05, 4.69) is 17.4 Å². The summed E-state index contributed by atoms with van der Waals surface area (Å²) >= 11 is 0. The Balaban J connectivity index is 1.47. The van der Waals surface area contributed by atoms with Crippen LogP contribution in [0.15, 0.2) is 60.7 Å². The van der Waals surface area contributed by atoms with Crippen LogP contribution in [-0.2, 0) is 17.8 Å². The topological polar surface area (TPSA) is 58.6 Å². The molecule has 7 heteroatoms. The van der Waals surface area contributed by atoms with E-state index in [0.717, 1.165) is 42.5 Å². The number of aryl methyl sites for hydroxylation is 1. The molecular weight excluding hydrogens is 450 g/mol. The fourth-order valence-corrected chi connectivity index (χ4v) is 5.03. The molecule has 1 heterocycles. The first kappa shape index (κ1) is 23.0. The van der Waals surface area contributed by atoms with Gasteiger partial charge in [0, 0.05) is 11.3 Å². The third kappa shape index (κ3) is 4.38. The van der Waals surface area contributed by atoms with E-state index in [4.69, 9.17) is 4.74 Å². The number of hydrogen-bond acceptors (Lipinski definition) is 3. The van der Waals surface area contributed by atoms with Crippen LogP contribution in [0, 0.1) is 11.6 Å². The summed E-state index contributed by atoms with van der Waals surface area (Å²) in [6.07, 6.45) is 2.74. The van der Waals surface area contributed by atoms with Crippen LogP contribution in [0.5, 0.6) is 5.75 Å². The number of carbonyl (C=O) groups excluding carboxylic acids is 2. The third-order valence-corrected chi connectivity index (χ3v) is 6.76. The standard InChI is InChI=1S/C28H26F2N2O3/c1-2-24-28(34)32(23-12-5-8-17-7-3-4-9-20(17)23)16-18-15-19(13-14-25(18)35-24)31-27(33)26-21(29)10-6-11-22(26)30/h3-4,6-7,9-11,13-15,23-24H,2,5,8,12,16H2,1H3,(H,31,33). The molecule has 0 spiro atoms. The van der Waals surface area contributed by atoms with Gasteiger partial charge in [-0.3, -0.25) is 9.59 Å². The molecule has 3 aromatic rings. The van der Waals surface area contributed by atoms with E-state index < -0.39 is 29.2 Å². The maximum atomic E-state index is 14.1. The zero-order valence-electron chi connectivity index (χ0n) is 19.4. The molecule has 2 unspecified atom stereocenters. The van der Waals surface area contributed by atoms with Gasteiger partial charge in [-0.1, -0.05) is 37.3 Å². The molecule has 180 valence electrons. The molecule has 35 heavy (non-hydrogen) atoms. The van der Waals surface area contributed by atoms with Gasteiger partial charge in [0.1, 0.15) is 22.9 Å². The van der Waals surface area contributed by atoms with E-state index in [-0.39, 0.29) is 11.9 Å². The van der Waals surface area contributed by atoms with Gasteiger partial charge in [-0.15, -0.1) is 0 Å². The molecule has 0 saturated carbocycles. The van der Waals surface area contributed by atoms with Crippen molar-refractivity contribution in [1.82, 2.24) is 4.90 Å². The van der Waals surface area contributed by atoms with Crippen LogP contribution in [-0.4, -0.2) is 22.8 Å². The number of nitrogens with one attached hydrogen (secondary N) is 1. The van der Waals surface area contributed by atoms with Crippen LogP contribution < -0.4 is 10.1 Å². The summed E-state index contributed by atoms with van der Waals surface area (Å²) < 4.78 is 34.2. The van der Waals surface area contributed by atoms with E-state index in [9.17, 15) is 18.4 Å². The monoisotopic (exact) mass is 476 g/mol. The molecule has 2 atom stereocenters. The number of nitrogens with zero attached hydrogens (tertiary/aromatic N) is 1. The fraction of sp³-hybridized carbons (Fsp3) is 0.286. The minimum absolute atomic E-state index is 0.0654. The lowest BCUT2D eigenvalue weighted by molar-refractivity contribution is -0.141. The number of rotatable bonds is 4. The van der Waals surface area contributed by atoms with Crippen molar-refractivity contribution in [3.8, 4) is 5.75 Å². The van der Waals surface area contributed by atoms with Gasteiger partial charge in [-0.25, -0.2) is 8.78 Å². The summed E-state index contributed by atoms with van der Waals surface area (Å²) in [5.74, 6) is -2.25. The number of carbonyl (C=O) groups is 2. The van der Waals surface area contributed by atoms with Crippen molar-refractivity contribution in [2.75, 3.05) is 5.32 Å². The molecule has 0 saturated heterocycles. The van der Waals surface area contributed by atoms with Crippen LogP contribution in [0.2, 0.25) is 0 Å². The van der Waals surface area contributed by atoms with Crippen molar-refractivity contribution in [2.24, 2.45) is 0 Å². The molecule has 5 rings (SSSR count). The lowest BCUT2D eigenvalue weighted by Crippen LogP contribution is -2.42. The average Bonchev–Trinajstić information content (AvgIpc) is 2.99. The van der Waals surface area contributed by atoms with Crippen LogP contribution in [0.3, 0.4) is 0 Å². The van der Waals surface area contributed by atoms with Gasteiger partial charge in [0.05, 0.1) is 12.6 Å². The Morgan fingerprint density at radius 3 is 2.60 bits per heavy atom. The molecule has 1 aliphatic heterocycles. The Kier molecular flexibility index (Phi) is 6.24. The third-order valence-electron chi connectivity index (χ3n) is 6.76. The molecule has 1 aliphatic carbocycles. The molecule has 2 aliphatic rings. The number of anilines is 1. The highest BCUT2D eigenvalue weighted by Crippen LogP contribution is 2.39. The summed E-state index contributed by atoms with van der Waals surface area (Å²) in [6, 6.07) is 16.4. The summed E-state index contributed by atoms with van der Waals surface area (Å²) in [6.45, 7) is 2.22. The Morgan fingerprint density at radius 1 is 1.06 bits per heavy atom. The number of halogens is 2. The maximum absolute atomic E-state index is 14.1. The van der Waals surface area contributed by atoms with Crippen molar-refractivity contribution >= 4 is 17.5 Å². The van der Waals surface area contributed by atoms with Crippen molar-refractivity contribution < 1.29 is 23.1 Å². The quantitative estimate of drug-likeness (QED) is 0.518. The predicted molar refractivity (Wildman–Crippen MR) is 128 cm³/mol. The molecule has 0 fully saturated rings. The Labute approximate surface area is 202 Å². The smallest absolute Gasteiger partial charge is 0.264 e. The highest BCUT2D eigenvalue weighted by Gasteiger charge is 2.36. The Bertz CT molecular complexity index is 1270. The molecule has 3 aromatic carbocycles. The molecule has 2 amide bonds. The summed E-state index contributed by atoms with van der Waals surface area (Å²) in [4.78, 5) is 28.0. The first-order chi connectivity index (χ1) is 17.0. The molecule has 1 N–H and O–H groups in total. The van der Waals surface area contributed by atoms with Gasteiger partial charge in [0.2, 0.25) is 0 Å². The summed E-state index contributed by atoms with van der Waals surface area (Å²) in [5, 5.41) is 2.58. The predicted octanol–water partition coefficient (Wildman–Crippen LogP) is 5.79. The zero-order chi connectivity index (χ0) is 24.5. The normalized spacial score (nSPS) is 19.3. The first-order valence-electron chi connectivity index (χ1n) is 11.9. The van der Waals surface area contributed by atoms with Crippen molar-refractivity contribution in [1.29, 1.82) is 0 Å². The largest absolute Gasteiger partial charge is 0.480 e. The number of hydrogen-bond donors (Lipinski definition) is 1. The van der Waals surface area contributed by atoms with Crippen LogP contribution in [0.1, 0.15) is 59.3 Å². The SMILES string of the molecule is CCC1Oc2ccc(NC(=O)c3c(F)cccc3F)cc2CN(C2CCCc3ccccc32)C1=O. The van der Waals surface area contributed by atoms with Gasteiger partial charge in [-0.2, -0.15) is 0 Å². The van der Waals surface area contributed by atoms with E-state index in [0.29, 0.717) is 24.4 Å². The van der Waals surface area contributed by atoms with Gasteiger partial charge < -0.3 is 15.0 Å². The molecule has 0 bridgehead atoms. The number of benzene rings is 3. The van der Waals surface area contributed by atoms with Gasteiger partial charge in [-0.05, 0) is 67.1 Å². The minimum Gasteiger partial charge on any atom is -0.480 e. The van der Waals surface area contributed by atoms with Crippen LogP contribution in [0.25, 0.3) is 0 Å². The second-order valence-electron chi connectivity index (χ2n) is 8.96. The number of fused-ring (bicyclic) bond motifs is 2. The van der Waals surface area contributed by atoms with Gasteiger partial charge >= 0.3 is 0 Å². The van der Waals surface area contributed by atoms with Crippen LogP contribution in [0.4, 0.5) is 14.5 Å². The van der Waals surface area contributed by atoms with Crippen molar-refractivity contribution in [3.63, 3.8) is 0 Å². The second-order valence-corrected chi connectivity index (χ2v) is 8.96. The highest BCUT2D eigenvalue weighted by molar-refractivity contribution is 6.04. The minimum atomic E-state index is -0.931. The second kappa shape index (κ2) is 9.49. The first-order valence-corrected chi connectivity index (χ1v) is 11.9. The van der Waals surface area contributed by atoms with E-state index in [1.807, 2.05) is 24.0 Å². The molecule has 0 aromatic heterocycles. The number of ether oxygens (including phenoxy) is 1. The lowest BCUT2D eigenvalue weighted by Gasteiger charge is -2.36.